The molecule has 0 unspecified atom stereocenters. The second-order valence-electron chi connectivity index (χ2n) is 1.76. The highest BCUT2D eigenvalue weighted by molar-refractivity contribution is 7.12. The van der Waals surface area contributed by atoms with Crippen LogP contribution < -0.4 is 0 Å². The molecule has 1 aromatic rings. The molecule has 1 heterocycles. The molecule has 2 nitrogen and oxygen atoms in total. The van der Waals surface area contributed by atoms with Gasteiger partial charge in [-0.15, -0.1) is 11.3 Å². The van der Waals surface area contributed by atoms with Gasteiger partial charge in [-0.2, -0.15) is 5.26 Å². The zero-order valence-corrected chi connectivity index (χ0v) is 8.12. The summed E-state index contributed by atoms with van der Waals surface area (Å²) in [6.45, 7) is 7.75. The maximum Gasteiger partial charge on any atom is 0.127 e. The molecule has 11 heavy (non-hydrogen) atoms. The molecule has 0 spiro atoms. The van der Waals surface area contributed by atoms with E-state index in [1.807, 2.05) is 27.7 Å². The summed E-state index contributed by atoms with van der Waals surface area (Å²) in [6.07, 6.45) is 0. The molecule has 0 N–H and O–H groups in total. The van der Waals surface area contributed by atoms with Crippen LogP contribution in [0.15, 0.2) is 0 Å². The van der Waals surface area contributed by atoms with Gasteiger partial charge in [-0.25, -0.2) is 4.98 Å². The standard InChI is InChI=1S/C6H6N2S.C2H6/c1-4-6(3-7)9-5(2)8-4;1-2/h1-2H3;1-2H3. The lowest BCUT2D eigenvalue weighted by Crippen LogP contribution is -1.72. The van der Waals surface area contributed by atoms with Crippen LogP contribution in [0.25, 0.3) is 0 Å². The summed E-state index contributed by atoms with van der Waals surface area (Å²) in [4.78, 5) is 4.81. The summed E-state index contributed by atoms with van der Waals surface area (Å²) in [5.41, 5.74) is 0.847. The zero-order valence-electron chi connectivity index (χ0n) is 7.30. The maximum absolute atomic E-state index is 8.45. The predicted octanol–water partition coefficient (Wildman–Crippen LogP) is 2.66. The molecule has 0 atom stereocenters. The van der Waals surface area contributed by atoms with E-state index in [0.717, 1.165) is 15.6 Å². The van der Waals surface area contributed by atoms with Crippen molar-refractivity contribution in [2.75, 3.05) is 0 Å². The van der Waals surface area contributed by atoms with Gasteiger partial charge in [0.1, 0.15) is 10.9 Å². The third-order valence-corrected chi connectivity index (χ3v) is 1.98. The second kappa shape index (κ2) is 4.86. The van der Waals surface area contributed by atoms with E-state index < -0.39 is 0 Å². The smallest absolute Gasteiger partial charge is 0.127 e. The summed E-state index contributed by atoms with van der Waals surface area (Å²) in [5.74, 6) is 0. The highest BCUT2D eigenvalue weighted by atomic mass is 32.1. The Morgan fingerprint density at radius 2 is 1.91 bits per heavy atom. The highest BCUT2D eigenvalue weighted by Gasteiger charge is 2.00. The van der Waals surface area contributed by atoms with Crippen molar-refractivity contribution < 1.29 is 0 Å². The molecule has 0 aliphatic heterocycles. The van der Waals surface area contributed by atoms with Crippen LogP contribution in [0.5, 0.6) is 0 Å². The van der Waals surface area contributed by atoms with Gasteiger partial charge in [0.05, 0.1) is 10.7 Å². The second-order valence-corrected chi connectivity index (χ2v) is 2.96. The number of thiazole rings is 1. The van der Waals surface area contributed by atoms with Crippen molar-refractivity contribution in [1.29, 1.82) is 5.26 Å². The van der Waals surface area contributed by atoms with Crippen LogP contribution in [0.4, 0.5) is 0 Å². The topological polar surface area (TPSA) is 36.7 Å². The Kier molecular flexibility index (Phi) is 4.47. The first-order chi connectivity index (χ1) is 5.24. The summed E-state index contributed by atoms with van der Waals surface area (Å²) >= 11 is 1.44. The third-order valence-electron chi connectivity index (χ3n) is 1.01. The van der Waals surface area contributed by atoms with E-state index in [-0.39, 0.29) is 0 Å². The Labute approximate surface area is 71.5 Å². The van der Waals surface area contributed by atoms with Crippen LogP contribution in [0.1, 0.15) is 29.4 Å². The summed E-state index contributed by atoms with van der Waals surface area (Å²) < 4.78 is 0. The van der Waals surface area contributed by atoms with Crippen LogP contribution >= 0.6 is 11.3 Å². The van der Waals surface area contributed by atoms with E-state index in [2.05, 4.69) is 11.1 Å². The van der Waals surface area contributed by atoms with Crippen molar-refractivity contribution in [2.24, 2.45) is 0 Å². The van der Waals surface area contributed by atoms with Crippen molar-refractivity contribution >= 4 is 11.3 Å². The Hall–Kier alpha value is -0.880. The minimum atomic E-state index is 0.729. The maximum atomic E-state index is 8.45. The molecule has 1 rings (SSSR count). The largest absolute Gasteiger partial charge is 0.245 e. The average Bonchev–Trinajstić information content (AvgIpc) is 2.33. The van der Waals surface area contributed by atoms with Crippen LogP contribution in [0, 0.1) is 25.2 Å². The molecule has 0 saturated heterocycles. The quantitative estimate of drug-likeness (QED) is 0.597. The van der Waals surface area contributed by atoms with Gasteiger partial charge in [0.15, 0.2) is 0 Å². The summed E-state index contributed by atoms with van der Waals surface area (Å²) in [6, 6.07) is 2.07. The molecular formula is C8H12N2S. The van der Waals surface area contributed by atoms with E-state index in [1.165, 1.54) is 11.3 Å². The number of nitrogens with zero attached hydrogens (tertiary/aromatic N) is 2. The first-order valence-electron chi connectivity index (χ1n) is 3.58. The average molecular weight is 168 g/mol. The molecule has 0 fully saturated rings. The Bertz CT molecular complexity index is 258. The van der Waals surface area contributed by atoms with Gasteiger partial charge < -0.3 is 0 Å². The molecule has 1 aromatic heterocycles. The fraction of sp³-hybridized carbons (Fsp3) is 0.500. The van der Waals surface area contributed by atoms with E-state index in [9.17, 15) is 0 Å². The van der Waals surface area contributed by atoms with E-state index in [4.69, 9.17) is 5.26 Å². The monoisotopic (exact) mass is 168 g/mol. The lowest BCUT2D eigenvalue weighted by molar-refractivity contribution is 1.19. The molecular weight excluding hydrogens is 156 g/mol. The molecule has 0 aliphatic rings. The molecule has 0 aliphatic carbocycles. The van der Waals surface area contributed by atoms with Crippen LogP contribution in [0.2, 0.25) is 0 Å². The van der Waals surface area contributed by atoms with E-state index in [0.29, 0.717) is 0 Å². The van der Waals surface area contributed by atoms with Crippen LogP contribution in [-0.2, 0) is 0 Å². The van der Waals surface area contributed by atoms with Gasteiger partial charge in [-0.3, -0.25) is 0 Å². The fourth-order valence-corrected chi connectivity index (χ4v) is 1.35. The summed E-state index contributed by atoms with van der Waals surface area (Å²) in [5, 5.41) is 9.41. The van der Waals surface area contributed by atoms with Gasteiger partial charge in [-0.1, -0.05) is 13.8 Å². The molecule has 0 aromatic carbocycles. The lowest BCUT2D eigenvalue weighted by Gasteiger charge is -1.75. The van der Waals surface area contributed by atoms with Crippen LogP contribution in [-0.4, -0.2) is 4.98 Å². The Balaban J connectivity index is 0.000000461. The zero-order chi connectivity index (χ0) is 8.85. The highest BCUT2D eigenvalue weighted by Crippen LogP contribution is 2.14. The van der Waals surface area contributed by atoms with Crippen molar-refractivity contribution in [3.05, 3.63) is 15.6 Å². The molecule has 60 valence electrons. The number of hydrogen-bond acceptors (Lipinski definition) is 3. The SMILES string of the molecule is CC.Cc1nc(C)c(C#N)s1. The van der Waals surface area contributed by atoms with E-state index in [1.54, 1.807) is 0 Å². The van der Waals surface area contributed by atoms with Crippen molar-refractivity contribution in [3.63, 3.8) is 0 Å². The first-order valence-corrected chi connectivity index (χ1v) is 4.40. The fourth-order valence-electron chi connectivity index (χ4n) is 0.635. The van der Waals surface area contributed by atoms with Crippen molar-refractivity contribution in [3.8, 4) is 6.07 Å². The number of rotatable bonds is 0. The minimum absolute atomic E-state index is 0.729. The number of hydrogen-bond donors (Lipinski definition) is 0. The molecule has 3 heteroatoms. The summed E-state index contributed by atoms with van der Waals surface area (Å²) in [7, 11) is 0. The number of nitriles is 1. The number of aryl methyl sites for hydroxylation is 2. The normalized spacial score (nSPS) is 7.91. The third kappa shape index (κ3) is 2.69. The number of aromatic nitrogens is 1. The molecule has 0 saturated carbocycles. The minimum Gasteiger partial charge on any atom is -0.245 e. The molecule has 0 radical (unpaired) electrons. The van der Waals surface area contributed by atoms with Gasteiger partial charge in [0, 0.05) is 0 Å². The van der Waals surface area contributed by atoms with Crippen molar-refractivity contribution in [2.45, 2.75) is 27.7 Å². The van der Waals surface area contributed by atoms with Crippen LogP contribution in [0.3, 0.4) is 0 Å². The molecule has 0 amide bonds. The molecule has 0 bridgehead atoms. The first kappa shape index (κ1) is 10.1. The van der Waals surface area contributed by atoms with Gasteiger partial charge in [0.2, 0.25) is 0 Å². The predicted molar refractivity (Wildman–Crippen MR) is 47.7 cm³/mol. The lowest BCUT2D eigenvalue weighted by atomic mass is 10.4. The Morgan fingerprint density at radius 3 is 2.09 bits per heavy atom. The van der Waals surface area contributed by atoms with Gasteiger partial charge in [-0.05, 0) is 13.8 Å². The van der Waals surface area contributed by atoms with Gasteiger partial charge in [0.25, 0.3) is 0 Å². The Morgan fingerprint density at radius 1 is 1.36 bits per heavy atom. The van der Waals surface area contributed by atoms with E-state index >= 15 is 0 Å². The van der Waals surface area contributed by atoms with Crippen molar-refractivity contribution in [1.82, 2.24) is 4.98 Å². The van der Waals surface area contributed by atoms with Gasteiger partial charge >= 0.3 is 0 Å².